The van der Waals surface area contributed by atoms with Crippen LogP contribution in [0.2, 0.25) is 0 Å². The highest BCUT2D eigenvalue weighted by Crippen LogP contribution is 2.27. The first-order valence-corrected chi connectivity index (χ1v) is 6.97. The predicted octanol–water partition coefficient (Wildman–Crippen LogP) is 1.18. The van der Waals surface area contributed by atoms with E-state index in [-0.39, 0.29) is 12.2 Å². The molecule has 2 N–H and O–H groups in total. The minimum absolute atomic E-state index is 0.0295. The maximum Gasteiger partial charge on any atom is 0.139 e. The van der Waals surface area contributed by atoms with Gasteiger partial charge in [-0.2, -0.15) is 0 Å². The predicted molar refractivity (Wildman–Crippen MR) is 83.4 cm³/mol. The molecule has 0 saturated carbocycles. The van der Waals surface area contributed by atoms with Gasteiger partial charge in [-0.3, -0.25) is 0 Å². The maximum absolute atomic E-state index is 5.87. The highest BCUT2D eigenvalue weighted by Gasteiger charge is 2.35. The minimum Gasteiger partial charge on any atom is -0.389 e. The summed E-state index contributed by atoms with van der Waals surface area (Å²) in [5, 5.41) is 0. The average molecular weight is 295 g/mol. The molecule has 0 aromatic carbocycles. The molecule has 110 valence electrons. The second kappa shape index (κ2) is 6.03. The van der Waals surface area contributed by atoms with Crippen molar-refractivity contribution in [3.8, 4) is 0 Å². The van der Waals surface area contributed by atoms with Gasteiger partial charge in [0, 0.05) is 33.0 Å². The standard InChI is InChI=1S/C14H21N3O2S/c1-8-5-9(2)16-14(12(8)13(15)20)17-6-10(18-3)11(7-17)19-4/h5,10-11H,6-7H2,1-4H3,(H2,15,20). The number of aryl methyl sites for hydroxylation is 2. The van der Waals surface area contributed by atoms with Crippen LogP contribution < -0.4 is 10.6 Å². The Labute approximate surface area is 125 Å². The molecule has 0 spiro atoms. The van der Waals surface area contributed by atoms with E-state index < -0.39 is 0 Å². The molecule has 0 radical (unpaired) electrons. The molecule has 20 heavy (non-hydrogen) atoms. The summed E-state index contributed by atoms with van der Waals surface area (Å²) in [7, 11) is 3.40. The Morgan fingerprint density at radius 1 is 1.30 bits per heavy atom. The number of anilines is 1. The molecular formula is C14H21N3O2S. The normalized spacial score (nSPS) is 22.3. The van der Waals surface area contributed by atoms with E-state index in [9.17, 15) is 0 Å². The molecule has 2 atom stereocenters. The maximum atomic E-state index is 5.87. The average Bonchev–Trinajstić information content (AvgIpc) is 2.80. The van der Waals surface area contributed by atoms with Gasteiger partial charge in [0.05, 0.1) is 5.56 Å². The Hall–Kier alpha value is -1.24. The van der Waals surface area contributed by atoms with Crippen LogP contribution in [0.5, 0.6) is 0 Å². The lowest BCUT2D eigenvalue weighted by Crippen LogP contribution is -2.27. The summed E-state index contributed by atoms with van der Waals surface area (Å²) in [5.74, 6) is 0.830. The lowest BCUT2D eigenvalue weighted by atomic mass is 10.1. The Kier molecular flexibility index (Phi) is 4.57. The van der Waals surface area contributed by atoms with Crippen molar-refractivity contribution in [1.82, 2.24) is 4.98 Å². The van der Waals surface area contributed by atoms with Gasteiger partial charge in [0.1, 0.15) is 23.0 Å². The first-order valence-electron chi connectivity index (χ1n) is 6.56. The number of aromatic nitrogens is 1. The fourth-order valence-electron chi connectivity index (χ4n) is 2.72. The van der Waals surface area contributed by atoms with E-state index in [0.717, 1.165) is 35.7 Å². The monoisotopic (exact) mass is 295 g/mol. The Balaban J connectivity index is 2.40. The number of nitrogens with zero attached hydrogens (tertiary/aromatic N) is 2. The summed E-state index contributed by atoms with van der Waals surface area (Å²) >= 11 is 5.18. The van der Waals surface area contributed by atoms with Gasteiger partial charge in [-0.25, -0.2) is 4.98 Å². The SMILES string of the molecule is COC1CN(c2nc(C)cc(C)c2C(N)=S)CC1OC. The van der Waals surface area contributed by atoms with Crippen LogP contribution in [-0.4, -0.2) is 49.5 Å². The van der Waals surface area contributed by atoms with Crippen molar-refractivity contribution in [2.24, 2.45) is 5.73 Å². The molecule has 0 amide bonds. The molecule has 1 aliphatic rings. The van der Waals surface area contributed by atoms with Gasteiger partial charge in [0.15, 0.2) is 0 Å². The van der Waals surface area contributed by atoms with E-state index >= 15 is 0 Å². The number of thiocarbonyl (C=S) groups is 1. The van der Waals surface area contributed by atoms with Gasteiger partial charge in [0.25, 0.3) is 0 Å². The fourth-order valence-corrected chi connectivity index (χ4v) is 2.97. The van der Waals surface area contributed by atoms with E-state index in [2.05, 4.69) is 9.88 Å². The van der Waals surface area contributed by atoms with Crippen LogP contribution in [0.25, 0.3) is 0 Å². The van der Waals surface area contributed by atoms with Gasteiger partial charge in [-0.15, -0.1) is 0 Å². The number of nitrogens with two attached hydrogens (primary N) is 1. The van der Waals surface area contributed by atoms with Crippen LogP contribution in [0.3, 0.4) is 0 Å². The third-order valence-electron chi connectivity index (χ3n) is 3.69. The smallest absolute Gasteiger partial charge is 0.139 e. The van der Waals surface area contributed by atoms with Crippen LogP contribution in [0.4, 0.5) is 5.82 Å². The molecular weight excluding hydrogens is 274 g/mol. The van der Waals surface area contributed by atoms with Crippen molar-refractivity contribution in [3.05, 3.63) is 22.9 Å². The highest BCUT2D eigenvalue weighted by atomic mass is 32.1. The number of rotatable bonds is 4. The Bertz CT molecular complexity index is 509. The van der Waals surface area contributed by atoms with Crippen molar-refractivity contribution in [2.45, 2.75) is 26.1 Å². The first kappa shape index (κ1) is 15.2. The molecule has 0 aliphatic carbocycles. The third kappa shape index (κ3) is 2.77. The summed E-state index contributed by atoms with van der Waals surface area (Å²) in [6.45, 7) is 5.42. The second-order valence-corrected chi connectivity index (χ2v) is 5.54. The molecule has 1 fully saturated rings. The number of methoxy groups -OCH3 is 2. The summed E-state index contributed by atoms with van der Waals surface area (Å²) < 4.78 is 10.9. The Morgan fingerprint density at radius 2 is 1.85 bits per heavy atom. The Morgan fingerprint density at radius 3 is 2.30 bits per heavy atom. The number of hydrogen-bond donors (Lipinski definition) is 1. The van der Waals surface area contributed by atoms with Crippen LogP contribution in [0, 0.1) is 13.8 Å². The first-order chi connectivity index (χ1) is 9.47. The highest BCUT2D eigenvalue weighted by molar-refractivity contribution is 7.80. The van der Waals surface area contributed by atoms with E-state index in [4.69, 9.17) is 27.4 Å². The third-order valence-corrected chi connectivity index (χ3v) is 3.90. The van der Waals surface area contributed by atoms with Crippen molar-refractivity contribution in [2.75, 3.05) is 32.2 Å². The lowest BCUT2D eigenvalue weighted by molar-refractivity contribution is -0.00461. The molecule has 1 aromatic rings. The van der Waals surface area contributed by atoms with Crippen LogP contribution in [0.15, 0.2) is 6.07 Å². The summed E-state index contributed by atoms with van der Waals surface area (Å²) in [6.07, 6.45) is 0.0589. The molecule has 1 aliphatic heterocycles. The molecule has 2 unspecified atom stereocenters. The van der Waals surface area contributed by atoms with E-state index in [0.29, 0.717) is 4.99 Å². The van der Waals surface area contributed by atoms with Crippen LogP contribution in [0.1, 0.15) is 16.8 Å². The van der Waals surface area contributed by atoms with Crippen LogP contribution >= 0.6 is 12.2 Å². The fraction of sp³-hybridized carbons (Fsp3) is 0.571. The molecule has 2 heterocycles. The molecule has 1 saturated heterocycles. The number of pyridine rings is 1. The van der Waals surface area contributed by atoms with Gasteiger partial charge in [0.2, 0.25) is 0 Å². The van der Waals surface area contributed by atoms with Crippen molar-refractivity contribution in [1.29, 1.82) is 0 Å². The molecule has 5 nitrogen and oxygen atoms in total. The second-order valence-electron chi connectivity index (χ2n) is 5.10. The quantitative estimate of drug-likeness (QED) is 0.842. The number of hydrogen-bond acceptors (Lipinski definition) is 5. The van der Waals surface area contributed by atoms with Crippen molar-refractivity contribution in [3.63, 3.8) is 0 Å². The van der Waals surface area contributed by atoms with E-state index in [1.807, 2.05) is 19.9 Å². The van der Waals surface area contributed by atoms with Gasteiger partial charge in [-0.05, 0) is 25.5 Å². The zero-order chi connectivity index (χ0) is 14.9. The summed E-state index contributed by atoms with van der Waals surface area (Å²) in [6, 6.07) is 2.00. The summed E-state index contributed by atoms with van der Waals surface area (Å²) in [4.78, 5) is 7.13. The molecule has 1 aromatic heterocycles. The van der Waals surface area contributed by atoms with E-state index in [1.165, 1.54) is 0 Å². The topological polar surface area (TPSA) is 60.6 Å². The van der Waals surface area contributed by atoms with Gasteiger partial charge >= 0.3 is 0 Å². The molecule has 2 rings (SSSR count). The van der Waals surface area contributed by atoms with Crippen molar-refractivity contribution >= 4 is 23.0 Å². The van der Waals surface area contributed by atoms with Crippen LogP contribution in [-0.2, 0) is 9.47 Å². The summed E-state index contributed by atoms with van der Waals surface area (Å²) in [5.41, 5.74) is 8.72. The van der Waals surface area contributed by atoms with Gasteiger partial charge in [-0.1, -0.05) is 12.2 Å². The van der Waals surface area contributed by atoms with E-state index in [1.54, 1.807) is 14.2 Å². The minimum atomic E-state index is 0.0295. The molecule has 6 heteroatoms. The molecule has 0 bridgehead atoms. The zero-order valence-corrected chi connectivity index (χ0v) is 13.2. The largest absolute Gasteiger partial charge is 0.389 e. The van der Waals surface area contributed by atoms with Gasteiger partial charge < -0.3 is 20.1 Å². The van der Waals surface area contributed by atoms with Crippen molar-refractivity contribution < 1.29 is 9.47 Å². The number of ether oxygens (including phenoxy) is 2. The lowest BCUT2D eigenvalue weighted by Gasteiger charge is -2.22. The zero-order valence-electron chi connectivity index (χ0n) is 12.3.